The molecule has 1 aromatic carbocycles. The van der Waals surface area contributed by atoms with Crippen molar-refractivity contribution in [2.75, 3.05) is 46.8 Å². The van der Waals surface area contributed by atoms with Crippen LogP contribution in [0.5, 0.6) is 11.6 Å². The SMILES string of the molecule is COc1cc(-c2cnc3c(c2)c(-c2ccnc(OC)c2)cn3COP(=O)(O)O)cc(N(C)C(=O)C=CCN(C)C)c1. The fourth-order valence-electron chi connectivity index (χ4n) is 4.15. The second-order valence-electron chi connectivity index (χ2n) is 9.42. The molecule has 3 heterocycles. The molecule has 0 aliphatic heterocycles. The Bertz CT molecular complexity index is 1630. The van der Waals surface area contributed by atoms with Crippen LogP contribution in [-0.2, 0) is 20.6 Å². The number of rotatable bonds is 11. The van der Waals surface area contributed by atoms with Crippen molar-refractivity contribution in [3.8, 4) is 33.9 Å². The number of methoxy groups -OCH3 is 2. The van der Waals surface area contributed by atoms with Gasteiger partial charge < -0.3 is 33.6 Å². The molecule has 4 aromatic rings. The Morgan fingerprint density at radius 3 is 2.49 bits per heavy atom. The number of aromatic nitrogens is 3. The quantitative estimate of drug-likeness (QED) is 0.198. The number of pyridine rings is 2. The van der Waals surface area contributed by atoms with E-state index in [0.717, 1.165) is 22.3 Å². The van der Waals surface area contributed by atoms with Crippen molar-refractivity contribution in [3.63, 3.8) is 0 Å². The highest BCUT2D eigenvalue weighted by Gasteiger charge is 2.19. The van der Waals surface area contributed by atoms with Gasteiger partial charge in [-0.3, -0.25) is 9.32 Å². The molecule has 0 bridgehead atoms. The highest BCUT2D eigenvalue weighted by atomic mass is 31.2. The third-order valence-corrected chi connectivity index (χ3v) is 6.69. The number of fused-ring (bicyclic) bond motifs is 1. The molecule has 13 heteroatoms. The van der Waals surface area contributed by atoms with Gasteiger partial charge in [0.2, 0.25) is 11.8 Å². The van der Waals surface area contributed by atoms with Crippen LogP contribution in [-0.4, -0.2) is 77.0 Å². The minimum Gasteiger partial charge on any atom is -0.497 e. The topological polar surface area (TPSA) is 139 Å². The van der Waals surface area contributed by atoms with Crippen molar-refractivity contribution in [1.82, 2.24) is 19.4 Å². The van der Waals surface area contributed by atoms with E-state index in [0.29, 0.717) is 34.9 Å². The Hall–Kier alpha value is -4.06. The number of benzene rings is 1. The van der Waals surface area contributed by atoms with E-state index < -0.39 is 14.6 Å². The van der Waals surface area contributed by atoms with Crippen LogP contribution >= 0.6 is 7.82 Å². The molecule has 12 nitrogen and oxygen atoms in total. The molecule has 3 aromatic heterocycles. The van der Waals surface area contributed by atoms with E-state index in [1.165, 1.54) is 22.7 Å². The van der Waals surface area contributed by atoms with Crippen molar-refractivity contribution >= 4 is 30.5 Å². The molecule has 0 spiro atoms. The van der Waals surface area contributed by atoms with Gasteiger partial charge in [0.1, 0.15) is 18.1 Å². The number of anilines is 1. The molecular formula is C28H32N5O7P. The average Bonchev–Trinajstić information content (AvgIpc) is 3.32. The van der Waals surface area contributed by atoms with E-state index in [1.54, 1.807) is 57.0 Å². The van der Waals surface area contributed by atoms with Crippen molar-refractivity contribution in [2.45, 2.75) is 6.73 Å². The van der Waals surface area contributed by atoms with Crippen LogP contribution in [0.1, 0.15) is 0 Å². The summed E-state index contributed by atoms with van der Waals surface area (Å²) >= 11 is 0. The number of nitrogens with zero attached hydrogens (tertiary/aromatic N) is 5. The zero-order chi connectivity index (χ0) is 29.7. The first-order chi connectivity index (χ1) is 19.5. The van der Waals surface area contributed by atoms with Gasteiger partial charge in [-0.1, -0.05) is 6.08 Å². The molecule has 0 aliphatic rings. The lowest BCUT2D eigenvalue weighted by Crippen LogP contribution is -2.24. The molecule has 41 heavy (non-hydrogen) atoms. The Kier molecular flexibility index (Phi) is 9.21. The van der Waals surface area contributed by atoms with Crippen LogP contribution in [0.25, 0.3) is 33.3 Å². The first-order valence-corrected chi connectivity index (χ1v) is 14.0. The number of hydrogen-bond acceptors (Lipinski definition) is 8. The summed E-state index contributed by atoms with van der Waals surface area (Å²) in [7, 11) is 3.89. The number of likely N-dealkylation sites (N-methyl/N-ethyl adjacent to an activating group) is 2. The fraction of sp³-hybridized carbons (Fsp3) is 0.250. The predicted octanol–water partition coefficient (Wildman–Crippen LogP) is 3.93. The van der Waals surface area contributed by atoms with Gasteiger partial charge in [-0.2, -0.15) is 0 Å². The Labute approximate surface area is 237 Å². The lowest BCUT2D eigenvalue weighted by molar-refractivity contribution is -0.113. The van der Waals surface area contributed by atoms with Gasteiger partial charge in [-0.25, -0.2) is 14.5 Å². The number of phosphoric acid groups is 1. The van der Waals surface area contributed by atoms with Crippen LogP contribution in [0.4, 0.5) is 5.69 Å². The van der Waals surface area contributed by atoms with Crippen molar-refractivity contribution in [1.29, 1.82) is 0 Å². The summed E-state index contributed by atoms with van der Waals surface area (Å²) in [4.78, 5) is 43.6. The number of carbonyl (C=O) groups is 1. The molecule has 1 amide bonds. The maximum atomic E-state index is 12.8. The minimum absolute atomic E-state index is 0.185. The van der Waals surface area contributed by atoms with E-state index in [1.807, 2.05) is 37.2 Å². The summed E-state index contributed by atoms with van der Waals surface area (Å²) in [6, 6.07) is 10.9. The second-order valence-corrected chi connectivity index (χ2v) is 10.7. The molecule has 216 valence electrons. The number of ether oxygens (including phenoxy) is 2. The van der Waals surface area contributed by atoms with Crippen LogP contribution in [0.3, 0.4) is 0 Å². The standard InChI is InChI=1S/C28H32N5O7P/c1-31(2)10-6-7-27(34)32(3)22-11-20(12-23(15-22)38-4)21-13-24-25(19-8-9-29-26(14-19)39-5)17-33(28(24)30-16-21)18-40-41(35,36)37/h6-9,11-17H,10,18H2,1-5H3,(H2,35,36,37). The van der Waals surface area contributed by atoms with Gasteiger partial charge in [0.05, 0.1) is 14.2 Å². The van der Waals surface area contributed by atoms with E-state index >= 15 is 0 Å². The first-order valence-electron chi connectivity index (χ1n) is 12.5. The highest BCUT2D eigenvalue weighted by molar-refractivity contribution is 7.46. The predicted molar refractivity (Wildman–Crippen MR) is 156 cm³/mol. The molecule has 2 N–H and O–H groups in total. The van der Waals surface area contributed by atoms with Gasteiger partial charge in [-0.05, 0) is 49.5 Å². The monoisotopic (exact) mass is 581 g/mol. The average molecular weight is 582 g/mol. The third-order valence-electron chi connectivity index (χ3n) is 6.24. The van der Waals surface area contributed by atoms with E-state index in [9.17, 15) is 19.1 Å². The molecule has 0 aliphatic carbocycles. The molecule has 0 unspecified atom stereocenters. The number of amides is 1. The molecule has 0 saturated heterocycles. The zero-order valence-electron chi connectivity index (χ0n) is 23.4. The Morgan fingerprint density at radius 1 is 1.02 bits per heavy atom. The van der Waals surface area contributed by atoms with Gasteiger partial charge in [0, 0.05) is 72.6 Å². The summed E-state index contributed by atoms with van der Waals surface area (Å²) in [5.74, 6) is 0.778. The molecule has 0 fully saturated rings. The summed E-state index contributed by atoms with van der Waals surface area (Å²) in [5, 5.41) is 0.700. The third kappa shape index (κ3) is 7.37. The first kappa shape index (κ1) is 29.9. The molecule has 0 atom stereocenters. The summed E-state index contributed by atoms with van der Waals surface area (Å²) in [6.07, 6.45) is 8.29. The van der Waals surface area contributed by atoms with Crippen LogP contribution in [0.15, 0.2) is 67.1 Å². The zero-order valence-corrected chi connectivity index (χ0v) is 24.3. The Balaban J connectivity index is 1.80. The van der Waals surface area contributed by atoms with Gasteiger partial charge in [0.15, 0.2) is 0 Å². The van der Waals surface area contributed by atoms with Gasteiger partial charge >= 0.3 is 7.82 Å². The van der Waals surface area contributed by atoms with Crippen LogP contribution in [0, 0.1) is 0 Å². The van der Waals surface area contributed by atoms with Gasteiger partial charge in [0.25, 0.3) is 0 Å². The molecule has 0 radical (unpaired) electrons. The maximum Gasteiger partial charge on any atom is 0.471 e. The minimum atomic E-state index is -4.72. The lowest BCUT2D eigenvalue weighted by Gasteiger charge is -2.18. The van der Waals surface area contributed by atoms with Gasteiger partial charge in [-0.15, -0.1) is 0 Å². The van der Waals surface area contributed by atoms with Crippen molar-refractivity contribution < 1.29 is 33.1 Å². The maximum absolute atomic E-state index is 12.8. The van der Waals surface area contributed by atoms with Crippen molar-refractivity contribution in [3.05, 3.63) is 67.1 Å². The molecule has 0 saturated carbocycles. The second kappa shape index (κ2) is 12.6. The Morgan fingerprint density at radius 2 is 1.80 bits per heavy atom. The highest BCUT2D eigenvalue weighted by Crippen LogP contribution is 2.39. The lowest BCUT2D eigenvalue weighted by atomic mass is 10.0. The normalized spacial score (nSPS) is 11.9. The summed E-state index contributed by atoms with van der Waals surface area (Å²) in [6.45, 7) is 0.228. The van der Waals surface area contributed by atoms with E-state index in [4.69, 9.17) is 14.0 Å². The van der Waals surface area contributed by atoms with E-state index in [2.05, 4.69) is 9.97 Å². The fourth-order valence-corrected chi connectivity index (χ4v) is 4.42. The van der Waals surface area contributed by atoms with E-state index in [-0.39, 0.29) is 5.91 Å². The number of phosphoric ester groups is 1. The molecular weight excluding hydrogens is 549 g/mol. The summed E-state index contributed by atoms with van der Waals surface area (Å²) in [5.41, 5.74) is 4.06. The summed E-state index contributed by atoms with van der Waals surface area (Å²) < 4.78 is 28.5. The van der Waals surface area contributed by atoms with Crippen LogP contribution < -0.4 is 14.4 Å². The van der Waals surface area contributed by atoms with Crippen LogP contribution in [0.2, 0.25) is 0 Å². The largest absolute Gasteiger partial charge is 0.497 e. The number of hydrogen-bond donors (Lipinski definition) is 2. The number of carbonyl (C=O) groups excluding carboxylic acids is 1. The smallest absolute Gasteiger partial charge is 0.471 e. The molecule has 4 rings (SSSR count). The van der Waals surface area contributed by atoms with Crippen molar-refractivity contribution in [2.24, 2.45) is 0 Å².